The minimum atomic E-state index is -0.491. The van der Waals surface area contributed by atoms with Crippen molar-refractivity contribution in [3.8, 4) is 5.75 Å². The zero-order valence-electron chi connectivity index (χ0n) is 12.9. The molecule has 0 saturated heterocycles. The van der Waals surface area contributed by atoms with Crippen molar-refractivity contribution in [2.24, 2.45) is 0 Å². The van der Waals surface area contributed by atoms with Crippen molar-refractivity contribution in [3.63, 3.8) is 0 Å². The molecule has 2 aromatic rings. The van der Waals surface area contributed by atoms with Gasteiger partial charge in [0.15, 0.2) is 10.9 Å². The number of nitrogens with zero attached hydrogens (tertiary/aromatic N) is 2. The summed E-state index contributed by atoms with van der Waals surface area (Å²) >= 11 is 1.43. The first-order valence-corrected chi connectivity index (χ1v) is 7.89. The molecule has 0 saturated carbocycles. The highest BCUT2D eigenvalue weighted by molar-refractivity contribution is 7.15. The van der Waals surface area contributed by atoms with Crippen molar-refractivity contribution in [2.45, 2.75) is 26.7 Å². The number of benzene rings is 1. The standard InChI is InChI=1S/C15H17N3O4S/c1-10-11(2)23-15(16-10)17-14(19)8-5-9-22-13-7-4-3-6-12(13)18(20)21/h3-4,6-7H,5,8-9H2,1-2H3,(H,16,17,19). The van der Waals surface area contributed by atoms with Crippen molar-refractivity contribution in [1.82, 2.24) is 4.98 Å². The van der Waals surface area contributed by atoms with E-state index >= 15 is 0 Å². The molecule has 1 aromatic heterocycles. The first kappa shape index (κ1) is 16.9. The Morgan fingerprint density at radius 3 is 2.78 bits per heavy atom. The number of amides is 1. The summed E-state index contributed by atoms with van der Waals surface area (Å²) in [6.07, 6.45) is 0.722. The topological polar surface area (TPSA) is 94.4 Å². The van der Waals surface area contributed by atoms with E-state index in [1.807, 2.05) is 13.8 Å². The van der Waals surface area contributed by atoms with Crippen LogP contribution in [0.3, 0.4) is 0 Å². The largest absolute Gasteiger partial charge is 0.487 e. The zero-order valence-corrected chi connectivity index (χ0v) is 13.7. The number of nitro groups is 1. The molecule has 8 heteroatoms. The van der Waals surface area contributed by atoms with Crippen molar-refractivity contribution < 1.29 is 14.5 Å². The number of rotatable bonds is 7. The Morgan fingerprint density at radius 2 is 2.13 bits per heavy atom. The van der Waals surface area contributed by atoms with Gasteiger partial charge in [0.2, 0.25) is 5.91 Å². The lowest BCUT2D eigenvalue weighted by Crippen LogP contribution is -2.12. The molecule has 2 rings (SSSR count). The van der Waals surface area contributed by atoms with Crippen LogP contribution in [0, 0.1) is 24.0 Å². The lowest BCUT2D eigenvalue weighted by molar-refractivity contribution is -0.385. The maximum Gasteiger partial charge on any atom is 0.310 e. The molecule has 0 aliphatic rings. The van der Waals surface area contributed by atoms with Crippen LogP contribution in [-0.2, 0) is 4.79 Å². The van der Waals surface area contributed by atoms with E-state index in [2.05, 4.69) is 10.3 Å². The van der Waals surface area contributed by atoms with Crippen LogP contribution in [0.1, 0.15) is 23.4 Å². The molecule has 0 radical (unpaired) electrons. The first-order valence-electron chi connectivity index (χ1n) is 7.07. The number of thiazole rings is 1. The zero-order chi connectivity index (χ0) is 16.8. The second kappa shape index (κ2) is 7.68. The third-order valence-corrected chi connectivity index (χ3v) is 4.13. The van der Waals surface area contributed by atoms with Crippen LogP contribution >= 0.6 is 11.3 Å². The lowest BCUT2D eigenvalue weighted by Gasteiger charge is -2.06. The number of nitro benzene ring substituents is 1. The van der Waals surface area contributed by atoms with Crippen LogP contribution in [0.4, 0.5) is 10.8 Å². The Bertz CT molecular complexity index is 695. The number of anilines is 1. The summed E-state index contributed by atoms with van der Waals surface area (Å²) in [6, 6.07) is 6.17. The van der Waals surface area contributed by atoms with Crippen LogP contribution in [0.5, 0.6) is 5.75 Å². The van der Waals surface area contributed by atoms with E-state index in [9.17, 15) is 14.9 Å². The van der Waals surface area contributed by atoms with E-state index in [4.69, 9.17) is 4.74 Å². The maximum atomic E-state index is 11.8. The molecule has 1 amide bonds. The van der Waals surface area contributed by atoms with Crippen LogP contribution in [0.15, 0.2) is 24.3 Å². The van der Waals surface area contributed by atoms with Crippen molar-refractivity contribution >= 4 is 28.1 Å². The summed E-state index contributed by atoms with van der Waals surface area (Å²) in [5.41, 5.74) is 0.829. The summed E-state index contributed by atoms with van der Waals surface area (Å²) < 4.78 is 5.39. The molecule has 0 spiro atoms. The van der Waals surface area contributed by atoms with Gasteiger partial charge in [0, 0.05) is 17.4 Å². The summed E-state index contributed by atoms with van der Waals surface area (Å²) in [5.74, 6) is 0.0639. The summed E-state index contributed by atoms with van der Waals surface area (Å²) in [6.45, 7) is 4.07. The minimum Gasteiger partial charge on any atom is -0.487 e. The average Bonchev–Trinajstić information content (AvgIpc) is 2.82. The fourth-order valence-electron chi connectivity index (χ4n) is 1.85. The van der Waals surface area contributed by atoms with Gasteiger partial charge < -0.3 is 10.1 Å². The molecule has 1 N–H and O–H groups in total. The van der Waals surface area contributed by atoms with Crippen LogP contribution in [0.25, 0.3) is 0 Å². The Labute approximate surface area is 137 Å². The van der Waals surface area contributed by atoms with Gasteiger partial charge in [-0.2, -0.15) is 0 Å². The smallest absolute Gasteiger partial charge is 0.310 e. The van der Waals surface area contributed by atoms with Crippen molar-refractivity contribution in [3.05, 3.63) is 45.0 Å². The lowest BCUT2D eigenvalue weighted by atomic mass is 10.3. The van der Waals surface area contributed by atoms with Gasteiger partial charge in [-0.05, 0) is 26.3 Å². The molecular formula is C15H17N3O4S. The predicted octanol–water partition coefficient (Wildman–Crippen LogP) is 3.47. The number of hydrogen-bond donors (Lipinski definition) is 1. The van der Waals surface area contributed by atoms with E-state index in [1.165, 1.54) is 17.4 Å². The highest BCUT2D eigenvalue weighted by Gasteiger charge is 2.13. The van der Waals surface area contributed by atoms with E-state index in [0.717, 1.165) is 10.6 Å². The second-order valence-electron chi connectivity index (χ2n) is 4.89. The SMILES string of the molecule is Cc1nc(NC(=O)CCCOc2ccccc2[N+](=O)[O-])sc1C. The Kier molecular flexibility index (Phi) is 5.64. The van der Waals surface area contributed by atoms with Crippen LogP contribution in [-0.4, -0.2) is 22.4 Å². The van der Waals surface area contributed by atoms with Gasteiger partial charge in [-0.15, -0.1) is 11.3 Å². The summed E-state index contributed by atoms with van der Waals surface area (Å²) in [5, 5.41) is 14.2. The second-order valence-corrected chi connectivity index (χ2v) is 6.09. The molecule has 1 aromatic carbocycles. The third kappa shape index (κ3) is 4.75. The van der Waals surface area contributed by atoms with Crippen molar-refractivity contribution in [2.75, 3.05) is 11.9 Å². The molecular weight excluding hydrogens is 318 g/mol. The van der Waals surface area contributed by atoms with Gasteiger partial charge in [0.05, 0.1) is 17.2 Å². The average molecular weight is 335 g/mol. The number of carbonyl (C=O) groups is 1. The molecule has 0 aliphatic carbocycles. The van der Waals surface area contributed by atoms with Crippen LogP contribution in [0.2, 0.25) is 0 Å². The monoisotopic (exact) mass is 335 g/mol. The molecule has 122 valence electrons. The molecule has 0 aliphatic heterocycles. The number of ether oxygens (including phenoxy) is 1. The first-order chi connectivity index (χ1) is 11.0. The van der Waals surface area contributed by atoms with E-state index < -0.39 is 4.92 Å². The van der Waals surface area contributed by atoms with Gasteiger partial charge in [-0.25, -0.2) is 4.98 Å². The Morgan fingerprint density at radius 1 is 1.39 bits per heavy atom. The highest BCUT2D eigenvalue weighted by atomic mass is 32.1. The van der Waals surface area contributed by atoms with E-state index in [0.29, 0.717) is 11.6 Å². The molecule has 0 unspecified atom stereocenters. The quantitative estimate of drug-likeness (QED) is 0.475. The highest BCUT2D eigenvalue weighted by Crippen LogP contribution is 2.26. The number of aryl methyl sites for hydroxylation is 2. The third-order valence-electron chi connectivity index (χ3n) is 3.14. The van der Waals surface area contributed by atoms with E-state index in [1.54, 1.807) is 18.2 Å². The number of aromatic nitrogens is 1. The molecule has 23 heavy (non-hydrogen) atoms. The van der Waals surface area contributed by atoms with E-state index in [-0.39, 0.29) is 30.4 Å². The van der Waals surface area contributed by atoms with Crippen LogP contribution < -0.4 is 10.1 Å². The van der Waals surface area contributed by atoms with Gasteiger partial charge >= 0.3 is 5.69 Å². The molecule has 0 atom stereocenters. The molecule has 0 bridgehead atoms. The summed E-state index contributed by atoms with van der Waals surface area (Å²) in [7, 11) is 0. The summed E-state index contributed by atoms with van der Waals surface area (Å²) in [4.78, 5) is 27.5. The number of hydrogen-bond acceptors (Lipinski definition) is 6. The number of para-hydroxylation sites is 2. The number of carbonyl (C=O) groups excluding carboxylic acids is 1. The minimum absolute atomic E-state index is 0.0781. The van der Waals surface area contributed by atoms with Gasteiger partial charge in [-0.3, -0.25) is 14.9 Å². The van der Waals surface area contributed by atoms with Crippen molar-refractivity contribution in [1.29, 1.82) is 0 Å². The molecule has 0 fully saturated rings. The molecule has 7 nitrogen and oxygen atoms in total. The molecule has 1 heterocycles. The Hall–Kier alpha value is -2.48. The predicted molar refractivity (Wildman–Crippen MR) is 88.0 cm³/mol. The van der Waals surface area contributed by atoms with Gasteiger partial charge in [0.25, 0.3) is 0 Å². The Balaban J connectivity index is 1.77. The normalized spacial score (nSPS) is 10.3. The van der Waals surface area contributed by atoms with Gasteiger partial charge in [0.1, 0.15) is 0 Å². The number of nitrogens with one attached hydrogen (secondary N) is 1. The maximum absolute atomic E-state index is 11.8. The fourth-order valence-corrected chi connectivity index (χ4v) is 2.68. The van der Waals surface area contributed by atoms with Gasteiger partial charge in [-0.1, -0.05) is 12.1 Å². The fraction of sp³-hybridized carbons (Fsp3) is 0.333.